The van der Waals surface area contributed by atoms with E-state index < -0.39 is 0 Å². The first kappa shape index (κ1) is 9.63. The summed E-state index contributed by atoms with van der Waals surface area (Å²) >= 11 is 3.18. The molecule has 0 saturated carbocycles. The summed E-state index contributed by atoms with van der Waals surface area (Å²) in [4.78, 5) is 5.88. The smallest absolute Gasteiger partial charge is 0.0441 e. The van der Waals surface area contributed by atoms with Crippen LogP contribution in [0.25, 0.3) is 0 Å². The SMILES string of the molecule is CC\C=C/C=N\C(C)=C\Br. The van der Waals surface area contributed by atoms with E-state index in [9.17, 15) is 0 Å². The number of aliphatic imine (C=N–C) groups is 1. The largest absolute Gasteiger partial charge is 0.261 e. The Labute approximate surface area is 70.7 Å². The average molecular weight is 202 g/mol. The van der Waals surface area contributed by atoms with Crippen LogP contribution in [0.5, 0.6) is 0 Å². The fourth-order valence-electron chi connectivity index (χ4n) is 0.386. The molecule has 0 aromatic rings. The Kier molecular flexibility index (Phi) is 6.50. The molecule has 0 spiro atoms. The molecule has 10 heavy (non-hydrogen) atoms. The van der Waals surface area contributed by atoms with Crippen LogP contribution in [-0.4, -0.2) is 6.21 Å². The minimum atomic E-state index is 0.973. The van der Waals surface area contributed by atoms with Gasteiger partial charge >= 0.3 is 0 Å². The van der Waals surface area contributed by atoms with Crippen molar-refractivity contribution < 1.29 is 0 Å². The van der Waals surface area contributed by atoms with Crippen LogP contribution in [0.15, 0.2) is 27.8 Å². The molecule has 0 rings (SSSR count). The minimum absolute atomic E-state index is 0.973. The Morgan fingerprint density at radius 1 is 1.60 bits per heavy atom. The Balaban J connectivity index is 3.66. The third-order valence-electron chi connectivity index (χ3n) is 0.894. The fraction of sp³-hybridized carbons (Fsp3) is 0.375. The molecule has 0 atom stereocenters. The molecule has 0 aromatic carbocycles. The lowest BCUT2D eigenvalue weighted by Crippen LogP contribution is -1.67. The standard InChI is InChI=1S/C8H12BrN/c1-3-4-5-6-10-8(2)7-9/h4-7H,3H2,1-2H3/b5-4-,8-7+,10-6-. The molecule has 0 aromatic heterocycles. The first-order valence-electron chi connectivity index (χ1n) is 3.27. The summed E-state index contributed by atoms with van der Waals surface area (Å²) in [6.07, 6.45) is 6.85. The summed E-state index contributed by atoms with van der Waals surface area (Å²) in [5.74, 6) is 0. The van der Waals surface area contributed by atoms with Crippen LogP contribution < -0.4 is 0 Å². The molecule has 2 heteroatoms. The molecular weight excluding hydrogens is 190 g/mol. The second kappa shape index (κ2) is 6.75. The normalized spacial score (nSPS) is 13.7. The van der Waals surface area contributed by atoms with E-state index in [2.05, 4.69) is 33.9 Å². The predicted octanol–water partition coefficient (Wildman–Crippen LogP) is 3.28. The van der Waals surface area contributed by atoms with Crippen LogP contribution >= 0.6 is 15.9 Å². The van der Waals surface area contributed by atoms with Crippen molar-refractivity contribution >= 4 is 22.1 Å². The molecule has 56 valence electrons. The average Bonchev–Trinajstić information content (AvgIpc) is 1.98. The maximum Gasteiger partial charge on any atom is 0.0441 e. The molecule has 0 aliphatic heterocycles. The van der Waals surface area contributed by atoms with Gasteiger partial charge in [0.1, 0.15) is 0 Å². The first-order chi connectivity index (χ1) is 4.81. The van der Waals surface area contributed by atoms with Gasteiger partial charge in [0.25, 0.3) is 0 Å². The van der Waals surface area contributed by atoms with E-state index in [1.165, 1.54) is 0 Å². The van der Waals surface area contributed by atoms with E-state index in [-0.39, 0.29) is 0 Å². The molecule has 0 heterocycles. The van der Waals surface area contributed by atoms with Crippen molar-refractivity contribution in [3.05, 3.63) is 22.8 Å². The zero-order chi connectivity index (χ0) is 7.82. The van der Waals surface area contributed by atoms with Crippen LogP contribution in [0.4, 0.5) is 0 Å². The zero-order valence-electron chi connectivity index (χ0n) is 6.34. The highest BCUT2D eigenvalue weighted by Gasteiger charge is 1.74. The number of halogens is 1. The number of hydrogen-bond acceptors (Lipinski definition) is 1. The number of rotatable bonds is 3. The van der Waals surface area contributed by atoms with E-state index in [0.29, 0.717) is 0 Å². The summed E-state index contributed by atoms with van der Waals surface area (Å²) in [5.41, 5.74) is 0.973. The van der Waals surface area contributed by atoms with E-state index in [1.54, 1.807) is 11.2 Å². The van der Waals surface area contributed by atoms with Crippen LogP contribution in [0.1, 0.15) is 20.3 Å². The molecule has 0 fully saturated rings. The highest BCUT2D eigenvalue weighted by molar-refractivity contribution is 9.11. The van der Waals surface area contributed by atoms with Crippen LogP contribution in [0.2, 0.25) is 0 Å². The highest BCUT2D eigenvalue weighted by atomic mass is 79.9. The molecule has 0 bridgehead atoms. The van der Waals surface area contributed by atoms with Crippen molar-refractivity contribution in [2.24, 2.45) is 4.99 Å². The maximum absolute atomic E-state index is 4.08. The van der Waals surface area contributed by atoms with Gasteiger partial charge in [0.2, 0.25) is 0 Å². The topological polar surface area (TPSA) is 12.4 Å². The molecule has 0 aliphatic rings. The molecule has 0 unspecified atom stereocenters. The summed E-state index contributed by atoms with van der Waals surface area (Å²) in [6, 6.07) is 0. The molecular formula is C8H12BrN. The maximum atomic E-state index is 4.08. The van der Waals surface area contributed by atoms with Crippen molar-refractivity contribution in [2.75, 3.05) is 0 Å². The van der Waals surface area contributed by atoms with E-state index in [4.69, 9.17) is 0 Å². The van der Waals surface area contributed by atoms with Gasteiger partial charge in [0, 0.05) is 16.9 Å². The Bertz CT molecular complexity index is 157. The lowest BCUT2D eigenvalue weighted by molar-refractivity contribution is 1.23. The van der Waals surface area contributed by atoms with Crippen LogP contribution in [-0.2, 0) is 0 Å². The zero-order valence-corrected chi connectivity index (χ0v) is 7.93. The Morgan fingerprint density at radius 2 is 2.30 bits per heavy atom. The third kappa shape index (κ3) is 5.76. The summed E-state index contributed by atoms with van der Waals surface area (Å²) in [6.45, 7) is 4.03. The van der Waals surface area contributed by atoms with Gasteiger partial charge in [-0.15, -0.1) is 0 Å². The molecule has 0 aliphatic carbocycles. The lowest BCUT2D eigenvalue weighted by Gasteiger charge is -1.83. The molecule has 0 N–H and O–H groups in total. The van der Waals surface area contributed by atoms with Crippen molar-refractivity contribution in [3.8, 4) is 0 Å². The van der Waals surface area contributed by atoms with Crippen molar-refractivity contribution in [3.63, 3.8) is 0 Å². The number of hydrogen-bond donors (Lipinski definition) is 0. The van der Waals surface area contributed by atoms with Gasteiger partial charge in [0.15, 0.2) is 0 Å². The van der Waals surface area contributed by atoms with Crippen molar-refractivity contribution in [1.29, 1.82) is 0 Å². The molecule has 0 saturated heterocycles. The monoisotopic (exact) mass is 201 g/mol. The number of nitrogens with zero attached hydrogens (tertiary/aromatic N) is 1. The van der Waals surface area contributed by atoms with Gasteiger partial charge in [-0.3, -0.25) is 4.99 Å². The second-order valence-electron chi connectivity index (χ2n) is 1.87. The highest BCUT2D eigenvalue weighted by Crippen LogP contribution is 1.96. The Morgan fingerprint density at radius 3 is 2.80 bits per heavy atom. The number of allylic oxidation sites excluding steroid dienone is 3. The quantitative estimate of drug-likeness (QED) is 0.622. The van der Waals surface area contributed by atoms with E-state index >= 15 is 0 Å². The van der Waals surface area contributed by atoms with Gasteiger partial charge in [-0.05, 0) is 19.4 Å². The summed E-state index contributed by atoms with van der Waals surface area (Å²) in [5, 5.41) is 0. The van der Waals surface area contributed by atoms with Crippen LogP contribution in [0.3, 0.4) is 0 Å². The predicted molar refractivity (Wildman–Crippen MR) is 50.6 cm³/mol. The summed E-state index contributed by atoms with van der Waals surface area (Å²) in [7, 11) is 0. The van der Waals surface area contributed by atoms with Gasteiger partial charge in [-0.2, -0.15) is 0 Å². The van der Waals surface area contributed by atoms with Crippen LogP contribution in [0, 0.1) is 0 Å². The van der Waals surface area contributed by atoms with Gasteiger partial charge in [-0.25, -0.2) is 0 Å². The van der Waals surface area contributed by atoms with Crippen molar-refractivity contribution in [1.82, 2.24) is 0 Å². The van der Waals surface area contributed by atoms with Crippen molar-refractivity contribution in [2.45, 2.75) is 20.3 Å². The van der Waals surface area contributed by atoms with Gasteiger partial charge in [-0.1, -0.05) is 28.9 Å². The molecule has 0 amide bonds. The fourth-order valence-corrected chi connectivity index (χ4v) is 0.504. The Hall–Kier alpha value is -0.370. The molecule has 0 radical (unpaired) electrons. The van der Waals surface area contributed by atoms with Gasteiger partial charge in [0.05, 0.1) is 0 Å². The third-order valence-corrected chi connectivity index (χ3v) is 1.56. The van der Waals surface area contributed by atoms with E-state index in [0.717, 1.165) is 12.1 Å². The minimum Gasteiger partial charge on any atom is -0.261 e. The molecule has 1 nitrogen and oxygen atoms in total. The summed E-state index contributed by atoms with van der Waals surface area (Å²) < 4.78 is 0. The van der Waals surface area contributed by atoms with E-state index in [1.807, 2.05) is 13.0 Å². The second-order valence-corrected chi connectivity index (χ2v) is 2.32. The van der Waals surface area contributed by atoms with Gasteiger partial charge < -0.3 is 0 Å². The lowest BCUT2D eigenvalue weighted by atomic mass is 10.4. The first-order valence-corrected chi connectivity index (χ1v) is 4.19.